The van der Waals surface area contributed by atoms with Gasteiger partial charge in [0.25, 0.3) is 5.91 Å². The van der Waals surface area contributed by atoms with Crippen LogP contribution in [0.3, 0.4) is 0 Å². The van der Waals surface area contributed by atoms with Crippen LogP contribution in [0.1, 0.15) is 12.8 Å². The maximum Gasteiger partial charge on any atom is 0.270 e. The van der Waals surface area contributed by atoms with E-state index in [9.17, 15) is 22.4 Å². The molecule has 2 heterocycles. The molecule has 1 fully saturated rings. The average molecular weight is 382 g/mol. The Balaban J connectivity index is 1.83. The van der Waals surface area contributed by atoms with Crippen molar-refractivity contribution in [3.8, 4) is 0 Å². The van der Waals surface area contributed by atoms with Gasteiger partial charge in [0.2, 0.25) is 5.91 Å². The minimum absolute atomic E-state index is 0.00928. The summed E-state index contributed by atoms with van der Waals surface area (Å²) in [7, 11) is -1.61. The van der Waals surface area contributed by atoms with Gasteiger partial charge < -0.3 is 10.6 Å². The number of nitrogens with zero attached hydrogens (tertiary/aromatic N) is 3. The summed E-state index contributed by atoms with van der Waals surface area (Å²) >= 11 is 0. The topological polar surface area (TPSA) is 113 Å². The van der Waals surface area contributed by atoms with Gasteiger partial charge in [0.15, 0.2) is 9.84 Å². The molecular weight excluding hydrogens is 363 g/mol. The monoisotopic (exact) mass is 382 g/mol. The van der Waals surface area contributed by atoms with Crippen molar-refractivity contribution in [2.24, 2.45) is 10.8 Å². The van der Waals surface area contributed by atoms with E-state index in [4.69, 9.17) is 5.73 Å². The van der Waals surface area contributed by atoms with Crippen molar-refractivity contribution < 1.29 is 22.4 Å². The Hall–Kier alpha value is -2.49. The SMILES string of the molecule is CN(C(=O)C1=NN(c2ccc(F)cc2)[C@@H](C(N)=O)C1)[C@H]1CCS(=O)(=O)C1. The van der Waals surface area contributed by atoms with Crippen molar-refractivity contribution in [1.82, 2.24) is 4.90 Å². The average Bonchev–Trinajstić information content (AvgIpc) is 3.18. The molecular formula is C16H19FN4O4S. The number of halogens is 1. The van der Waals surface area contributed by atoms with Gasteiger partial charge in [-0.1, -0.05) is 0 Å². The van der Waals surface area contributed by atoms with E-state index in [1.807, 2.05) is 0 Å². The summed E-state index contributed by atoms with van der Waals surface area (Å²) in [5.74, 6) is -1.57. The number of hydrazone groups is 1. The van der Waals surface area contributed by atoms with Gasteiger partial charge in [-0.25, -0.2) is 12.8 Å². The molecule has 1 aromatic rings. The summed E-state index contributed by atoms with van der Waals surface area (Å²) in [6, 6.07) is 4.05. The van der Waals surface area contributed by atoms with Gasteiger partial charge in [-0.2, -0.15) is 5.10 Å². The number of nitrogens with two attached hydrogens (primary N) is 1. The molecule has 10 heteroatoms. The number of sulfone groups is 1. The van der Waals surface area contributed by atoms with Crippen LogP contribution in [0.25, 0.3) is 0 Å². The lowest BCUT2D eigenvalue weighted by molar-refractivity contribution is -0.124. The van der Waals surface area contributed by atoms with E-state index in [-0.39, 0.29) is 23.6 Å². The first kappa shape index (κ1) is 18.3. The number of carbonyl (C=O) groups is 2. The largest absolute Gasteiger partial charge is 0.368 e. The molecule has 0 spiro atoms. The van der Waals surface area contributed by atoms with Gasteiger partial charge in [0, 0.05) is 19.5 Å². The molecule has 0 aliphatic carbocycles. The van der Waals surface area contributed by atoms with Crippen LogP contribution in [0.4, 0.5) is 10.1 Å². The van der Waals surface area contributed by atoms with Crippen molar-refractivity contribution in [3.63, 3.8) is 0 Å². The molecule has 2 amide bonds. The molecule has 0 saturated carbocycles. The Morgan fingerprint density at radius 3 is 2.50 bits per heavy atom. The second kappa shape index (κ2) is 6.67. The number of rotatable bonds is 4. The minimum Gasteiger partial charge on any atom is -0.368 e. The highest BCUT2D eigenvalue weighted by molar-refractivity contribution is 7.91. The molecule has 1 saturated heterocycles. The number of hydrogen-bond acceptors (Lipinski definition) is 6. The number of anilines is 1. The van der Waals surface area contributed by atoms with Gasteiger partial charge in [-0.15, -0.1) is 0 Å². The predicted octanol–water partition coefficient (Wildman–Crippen LogP) is -0.109. The van der Waals surface area contributed by atoms with Gasteiger partial charge in [0.05, 0.1) is 17.2 Å². The lowest BCUT2D eigenvalue weighted by Crippen LogP contribution is -2.42. The summed E-state index contributed by atoms with van der Waals surface area (Å²) in [4.78, 5) is 25.8. The molecule has 2 atom stereocenters. The predicted molar refractivity (Wildman–Crippen MR) is 93.7 cm³/mol. The number of benzene rings is 1. The number of carbonyl (C=O) groups excluding carboxylic acids is 2. The zero-order valence-electron chi connectivity index (χ0n) is 14.1. The zero-order chi connectivity index (χ0) is 19.1. The summed E-state index contributed by atoms with van der Waals surface area (Å²) in [6.45, 7) is 0. The van der Waals surface area contributed by atoms with E-state index in [0.717, 1.165) is 0 Å². The second-order valence-electron chi connectivity index (χ2n) is 6.46. The van der Waals surface area contributed by atoms with Gasteiger partial charge in [0.1, 0.15) is 17.6 Å². The molecule has 0 radical (unpaired) electrons. The van der Waals surface area contributed by atoms with Crippen molar-refractivity contribution in [2.45, 2.75) is 24.9 Å². The molecule has 1 aromatic carbocycles. The Kier molecular flexibility index (Phi) is 4.70. The smallest absolute Gasteiger partial charge is 0.270 e. The van der Waals surface area contributed by atoms with Crippen LogP contribution in [0.5, 0.6) is 0 Å². The number of primary amides is 1. The summed E-state index contributed by atoms with van der Waals surface area (Å²) in [6.07, 6.45) is 0.383. The molecule has 0 aromatic heterocycles. The van der Waals surface area contributed by atoms with Gasteiger partial charge >= 0.3 is 0 Å². The highest BCUT2D eigenvalue weighted by atomic mass is 32.2. The van der Waals surface area contributed by atoms with Crippen molar-refractivity contribution in [1.29, 1.82) is 0 Å². The quantitative estimate of drug-likeness (QED) is 0.781. The normalized spacial score (nSPS) is 24.4. The van der Waals surface area contributed by atoms with E-state index in [0.29, 0.717) is 12.1 Å². The highest BCUT2D eigenvalue weighted by Gasteiger charge is 2.39. The molecule has 2 aliphatic heterocycles. The zero-order valence-corrected chi connectivity index (χ0v) is 14.9. The van der Waals surface area contributed by atoms with E-state index in [1.54, 1.807) is 0 Å². The molecule has 2 N–H and O–H groups in total. The van der Waals surface area contributed by atoms with Crippen LogP contribution in [-0.4, -0.2) is 61.5 Å². The van der Waals surface area contributed by atoms with Crippen LogP contribution >= 0.6 is 0 Å². The molecule has 3 rings (SSSR count). The van der Waals surface area contributed by atoms with E-state index >= 15 is 0 Å². The highest BCUT2D eigenvalue weighted by Crippen LogP contribution is 2.26. The van der Waals surface area contributed by atoms with Crippen molar-refractivity contribution in [2.75, 3.05) is 23.6 Å². The number of amides is 2. The molecule has 8 nitrogen and oxygen atoms in total. The van der Waals surface area contributed by atoms with Crippen LogP contribution in [0.15, 0.2) is 29.4 Å². The van der Waals surface area contributed by atoms with Crippen molar-refractivity contribution in [3.05, 3.63) is 30.1 Å². The molecule has 26 heavy (non-hydrogen) atoms. The maximum atomic E-state index is 13.1. The van der Waals surface area contributed by atoms with Crippen LogP contribution in [0.2, 0.25) is 0 Å². The lowest BCUT2D eigenvalue weighted by atomic mass is 10.1. The van der Waals surface area contributed by atoms with E-state index in [1.165, 1.54) is 41.2 Å². The standard InChI is InChI=1S/C16H19FN4O4S/c1-20(12-6-7-26(24,25)9-12)16(23)13-8-14(15(18)22)21(19-13)11-4-2-10(17)3-5-11/h2-5,12,14H,6-9H2,1H3,(H2,18,22)/t12-,14+/m0/s1. The third kappa shape index (κ3) is 3.55. The van der Waals surface area contributed by atoms with Gasteiger partial charge in [-0.05, 0) is 30.7 Å². The minimum atomic E-state index is -3.13. The first-order valence-corrected chi connectivity index (χ1v) is 9.89. The second-order valence-corrected chi connectivity index (χ2v) is 8.69. The summed E-state index contributed by atoms with van der Waals surface area (Å²) in [5.41, 5.74) is 5.97. The molecule has 2 aliphatic rings. The van der Waals surface area contributed by atoms with Crippen LogP contribution in [0, 0.1) is 5.82 Å². The van der Waals surface area contributed by atoms with Crippen LogP contribution < -0.4 is 10.7 Å². The number of hydrogen-bond donors (Lipinski definition) is 1. The summed E-state index contributed by atoms with van der Waals surface area (Å²) in [5, 5.41) is 5.51. The van der Waals surface area contributed by atoms with E-state index in [2.05, 4.69) is 5.10 Å². The van der Waals surface area contributed by atoms with Crippen molar-refractivity contribution >= 4 is 33.1 Å². The fourth-order valence-corrected chi connectivity index (χ4v) is 4.92. The summed E-state index contributed by atoms with van der Waals surface area (Å²) < 4.78 is 36.4. The fraction of sp³-hybridized carbons (Fsp3) is 0.438. The third-order valence-electron chi connectivity index (χ3n) is 4.65. The van der Waals surface area contributed by atoms with Gasteiger partial charge in [-0.3, -0.25) is 14.6 Å². The Labute approximate surface area is 150 Å². The first-order chi connectivity index (χ1) is 12.2. The Morgan fingerprint density at radius 2 is 1.96 bits per heavy atom. The fourth-order valence-electron chi connectivity index (χ4n) is 3.14. The van der Waals surface area contributed by atoms with E-state index < -0.39 is 39.6 Å². The maximum absolute atomic E-state index is 13.1. The Bertz CT molecular complexity index is 869. The van der Waals surface area contributed by atoms with Crippen LogP contribution in [-0.2, 0) is 19.4 Å². The Morgan fingerprint density at radius 1 is 1.31 bits per heavy atom. The molecule has 140 valence electrons. The lowest BCUT2D eigenvalue weighted by Gasteiger charge is -2.23. The molecule has 0 unspecified atom stereocenters. The molecule has 0 bridgehead atoms. The third-order valence-corrected chi connectivity index (χ3v) is 6.40. The first-order valence-electron chi connectivity index (χ1n) is 8.07.